The summed E-state index contributed by atoms with van der Waals surface area (Å²) in [6.07, 6.45) is 1.37. The van der Waals surface area contributed by atoms with Crippen molar-refractivity contribution in [3.8, 4) is 34.5 Å². The molecule has 3 aromatic carbocycles. The van der Waals surface area contributed by atoms with Gasteiger partial charge in [-0.25, -0.2) is 4.83 Å². The minimum absolute atomic E-state index is 0.124. The molecule has 1 fully saturated rings. The van der Waals surface area contributed by atoms with Crippen LogP contribution in [0.3, 0.4) is 0 Å². The van der Waals surface area contributed by atoms with Crippen molar-refractivity contribution < 1.29 is 36.8 Å². The minimum atomic E-state index is -3.92. The predicted octanol–water partition coefficient (Wildman–Crippen LogP) is 5.04. The number of ether oxygens (including phenoxy) is 6. The molecule has 0 heterocycles. The average molecular weight is 585 g/mol. The third-order valence-corrected chi connectivity index (χ3v) is 8.49. The SMILES string of the molecule is COc1cc([C@@H]2CC[C@@H](c3cc(OC)c(OC)c(OC)c3)C2=NNS(=O)(=O)c2ccc(C)cc2)cc(OC)c1OC. The molecule has 10 nitrogen and oxygen atoms in total. The maximum Gasteiger partial charge on any atom is 0.276 e. The van der Waals surface area contributed by atoms with Crippen LogP contribution in [0.4, 0.5) is 0 Å². The molecule has 2 atom stereocenters. The molecule has 0 aliphatic heterocycles. The van der Waals surface area contributed by atoms with E-state index in [2.05, 4.69) is 9.93 Å². The van der Waals surface area contributed by atoms with E-state index in [1.54, 1.807) is 66.9 Å². The Morgan fingerprint density at radius 2 is 1.05 bits per heavy atom. The molecule has 3 aromatic rings. The van der Waals surface area contributed by atoms with Crippen molar-refractivity contribution in [3.63, 3.8) is 0 Å². The largest absolute Gasteiger partial charge is 0.493 e. The molecule has 0 aromatic heterocycles. The topological polar surface area (TPSA) is 114 Å². The van der Waals surface area contributed by atoms with Crippen LogP contribution in [-0.4, -0.2) is 56.8 Å². The monoisotopic (exact) mass is 584 g/mol. The molecule has 1 aliphatic rings. The van der Waals surface area contributed by atoms with Gasteiger partial charge >= 0.3 is 0 Å². The molecule has 1 N–H and O–H groups in total. The Morgan fingerprint density at radius 3 is 1.39 bits per heavy atom. The summed E-state index contributed by atoms with van der Waals surface area (Å²) in [5.74, 6) is 2.42. The summed E-state index contributed by atoms with van der Waals surface area (Å²) in [7, 11) is 5.38. The van der Waals surface area contributed by atoms with Crippen molar-refractivity contribution in [1.82, 2.24) is 4.83 Å². The number of hydrogen-bond donors (Lipinski definition) is 1. The van der Waals surface area contributed by atoms with Crippen LogP contribution in [0.1, 0.15) is 41.4 Å². The van der Waals surface area contributed by atoms with Crippen LogP contribution in [0.25, 0.3) is 0 Å². The lowest BCUT2D eigenvalue weighted by Gasteiger charge is -2.21. The van der Waals surface area contributed by atoms with E-state index in [0.717, 1.165) is 16.7 Å². The zero-order valence-electron chi connectivity index (χ0n) is 24.3. The van der Waals surface area contributed by atoms with Crippen LogP contribution in [0.5, 0.6) is 34.5 Å². The maximum atomic E-state index is 13.2. The molecule has 0 unspecified atom stereocenters. The van der Waals surface area contributed by atoms with Crippen molar-refractivity contribution in [2.24, 2.45) is 5.10 Å². The van der Waals surface area contributed by atoms with Crippen LogP contribution in [-0.2, 0) is 10.0 Å². The summed E-state index contributed by atoms with van der Waals surface area (Å²) in [5, 5.41) is 4.57. The lowest BCUT2D eigenvalue weighted by molar-refractivity contribution is 0.323. The molecule has 220 valence electrons. The molecule has 11 heteroatoms. The van der Waals surface area contributed by atoms with Crippen molar-refractivity contribution in [2.45, 2.75) is 36.5 Å². The molecule has 0 bridgehead atoms. The summed E-state index contributed by atoms with van der Waals surface area (Å²) < 4.78 is 59.8. The highest BCUT2D eigenvalue weighted by Crippen LogP contribution is 2.48. The standard InChI is InChI=1S/C30H36N2O8S/c1-18-8-10-21(11-9-18)41(33,34)32-31-28-22(19-14-24(35-2)29(39-6)25(15-19)36-3)12-13-23(28)20-16-26(37-4)30(40-7)27(17-20)38-5/h8-11,14-17,22-23,32H,12-13H2,1-7H3/t22-,23-/m0/s1. The van der Waals surface area contributed by atoms with Gasteiger partial charge in [0.15, 0.2) is 23.0 Å². The van der Waals surface area contributed by atoms with Gasteiger partial charge in [-0.1, -0.05) is 17.7 Å². The second kappa shape index (κ2) is 12.6. The molecule has 0 saturated heterocycles. The first-order chi connectivity index (χ1) is 19.7. The summed E-state index contributed by atoms with van der Waals surface area (Å²) >= 11 is 0. The molecule has 0 spiro atoms. The maximum absolute atomic E-state index is 13.2. The third kappa shape index (κ3) is 6.00. The van der Waals surface area contributed by atoms with E-state index in [1.165, 1.54) is 0 Å². The van der Waals surface area contributed by atoms with Crippen LogP contribution in [0.15, 0.2) is 58.5 Å². The van der Waals surface area contributed by atoms with Crippen molar-refractivity contribution in [1.29, 1.82) is 0 Å². The Bertz CT molecular complexity index is 1400. The molecule has 1 aliphatic carbocycles. The van der Waals surface area contributed by atoms with E-state index >= 15 is 0 Å². The number of methoxy groups -OCH3 is 6. The van der Waals surface area contributed by atoms with Gasteiger partial charge < -0.3 is 28.4 Å². The lowest BCUT2D eigenvalue weighted by Crippen LogP contribution is -2.23. The van der Waals surface area contributed by atoms with Gasteiger partial charge in [-0.15, -0.1) is 0 Å². The Labute approximate surface area is 241 Å². The normalized spacial score (nSPS) is 16.6. The van der Waals surface area contributed by atoms with Gasteiger partial charge in [0.2, 0.25) is 11.5 Å². The Morgan fingerprint density at radius 1 is 0.659 bits per heavy atom. The van der Waals surface area contributed by atoms with E-state index in [1.807, 2.05) is 31.2 Å². The molecular formula is C30H36N2O8S. The van der Waals surface area contributed by atoms with Crippen LogP contribution in [0, 0.1) is 6.92 Å². The van der Waals surface area contributed by atoms with E-state index < -0.39 is 10.0 Å². The zero-order chi connectivity index (χ0) is 29.7. The molecule has 41 heavy (non-hydrogen) atoms. The van der Waals surface area contributed by atoms with Crippen molar-refractivity contribution >= 4 is 15.7 Å². The van der Waals surface area contributed by atoms with Gasteiger partial charge in [-0.05, 0) is 67.3 Å². The highest BCUT2D eigenvalue weighted by Gasteiger charge is 2.37. The van der Waals surface area contributed by atoms with Crippen molar-refractivity contribution in [3.05, 3.63) is 65.2 Å². The summed E-state index contributed by atoms with van der Waals surface area (Å²) in [6, 6.07) is 14.1. The number of benzene rings is 3. The average Bonchev–Trinajstić information content (AvgIpc) is 3.42. The number of hydrogen-bond acceptors (Lipinski definition) is 9. The Balaban J connectivity index is 1.85. The smallest absolute Gasteiger partial charge is 0.276 e. The quantitative estimate of drug-likeness (QED) is 0.312. The number of rotatable bonds is 11. The number of nitrogens with one attached hydrogen (secondary N) is 1. The van der Waals surface area contributed by atoms with Gasteiger partial charge in [0.1, 0.15) is 0 Å². The van der Waals surface area contributed by atoms with Gasteiger partial charge in [0.25, 0.3) is 10.0 Å². The van der Waals surface area contributed by atoms with E-state index in [9.17, 15) is 8.42 Å². The van der Waals surface area contributed by atoms with Gasteiger partial charge in [-0.2, -0.15) is 13.5 Å². The first-order valence-electron chi connectivity index (χ1n) is 13.0. The van der Waals surface area contributed by atoms with Crippen molar-refractivity contribution in [2.75, 3.05) is 42.7 Å². The van der Waals surface area contributed by atoms with Gasteiger partial charge in [-0.3, -0.25) is 0 Å². The van der Waals surface area contributed by atoms with Crippen LogP contribution in [0.2, 0.25) is 0 Å². The number of hydrazone groups is 1. The molecule has 0 amide bonds. The fraction of sp³-hybridized carbons (Fsp3) is 0.367. The fourth-order valence-corrected chi connectivity index (χ4v) is 6.02. The third-order valence-electron chi connectivity index (χ3n) is 7.26. The minimum Gasteiger partial charge on any atom is -0.493 e. The fourth-order valence-electron chi connectivity index (χ4n) is 5.19. The first-order valence-corrected chi connectivity index (χ1v) is 14.4. The zero-order valence-corrected chi connectivity index (χ0v) is 25.1. The summed E-state index contributed by atoms with van der Waals surface area (Å²) in [4.78, 5) is 2.61. The summed E-state index contributed by atoms with van der Waals surface area (Å²) in [6.45, 7) is 1.90. The van der Waals surface area contributed by atoms with E-state index in [0.29, 0.717) is 53.1 Å². The second-order valence-electron chi connectivity index (χ2n) is 9.54. The highest BCUT2D eigenvalue weighted by molar-refractivity contribution is 7.89. The lowest BCUT2D eigenvalue weighted by atomic mass is 9.90. The number of nitrogens with zero attached hydrogens (tertiary/aromatic N) is 1. The number of aryl methyl sites for hydroxylation is 1. The second-order valence-corrected chi connectivity index (χ2v) is 11.2. The number of sulfonamides is 1. The Hall–Kier alpha value is -4.12. The predicted molar refractivity (Wildman–Crippen MR) is 156 cm³/mol. The van der Waals surface area contributed by atoms with Gasteiger partial charge in [0.05, 0.1) is 53.3 Å². The van der Waals surface area contributed by atoms with E-state index in [4.69, 9.17) is 28.4 Å². The van der Waals surface area contributed by atoms with Gasteiger partial charge in [0, 0.05) is 11.8 Å². The Kier molecular flexibility index (Phi) is 9.17. The first kappa shape index (κ1) is 29.9. The highest BCUT2D eigenvalue weighted by atomic mass is 32.2. The van der Waals surface area contributed by atoms with Crippen LogP contribution < -0.4 is 33.3 Å². The molecular weight excluding hydrogens is 548 g/mol. The molecule has 4 rings (SSSR count). The molecule has 1 saturated carbocycles. The molecule has 0 radical (unpaired) electrons. The van der Waals surface area contributed by atoms with E-state index in [-0.39, 0.29) is 16.7 Å². The summed E-state index contributed by atoms with van der Waals surface area (Å²) in [5.41, 5.74) is 3.28. The van der Waals surface area contributed by atoms with Crippen LogP contribution >= 0.6 is 0 Å².